The minimum atomic E-state index is -0.297. The highest BCUT2D eigenvalue weighted by atomic mass is 127. The van der Waals surface area contributed by atoms with Gasteiger partial charge in [0.1, 0.15) is 12.4 Å². The monoisotopic (exact) mass is 500 g/mol. The van der Waals surface area contributed by atoms with E-state index in [9.17, 15) is 4.79 Å². The fourth-order valence-corrected chi connectivity index (χ4v) is 3.47. The molecule has 0 spiro atoms. The molecule has 0 N–H and O–H groups in total. The Morgan fingerprint density at radius 2 is 2.04 bits per heavy atom. The minimum Gasteiger partial charge on any atom is -0.488 e. The highest BCUT2D eigenvalue weighted by molar-refractivity contribution is 14.1. The SMILES string of the molecule is Cc1ccc(OCc2c(I)cccc2-n2nnn(C)c2=O)c(Br)c1. The van der Waals surface area contributed by atoms with E-state index >= 15 is 0 Å². The van der Waals surface area contributed by atoms with Gasteiger partial charge >= 0.3 is 5.69 Å². The van der Waals surface area contributed by atoms with Crippen LogP contribution in [-0.2, 0) is 13.7 Å². The quantitative estimate of drug-likeness (QED) is 0.516. The smallest absolute Gasteiger partial charge is 0.368 e. The molecule has 0 unspecified atom stereocenters. The third-order valence-electron chi connectivity index (χ3n) is 3.50. The van der Waals surface area contributed by atoms with Gasteiger partial charge in [-0.3, -0.25) is 0 Å². The predicted molar refractivity (Wildman–Crippen MR) is 103 cm³/mol. The second kappa shape index (κ2) is 7.06. The molecular formula is C16H14BrIN4O2. The van der Waals surface area contributed by atoms with Crippen molar-refractivity contribution in [3.63, 3.8) is 0 Å². The molecule has 0 radical (unpaired) electrons. The Hall–Kier alpha value is -1.68. The van der Waals surface area contributed by atoms with Gasteiger partial charge in [0.15, 0.2) is 0 Å². The van der Waals surface area contributed by atoms with Crippen molar-refractivity contribution in [2.24, 2.45) is 7.05 Å². The minimum absolute atomic E-state index is 0.297. The van der Waals surface area contributed by atoms with Crippen molar-refractivity contribution >= 4 is 38.5 Å². The summed E-state index contributed by atoms with van der Waals surface area (Å²) in [6.45, 7) is 2.34. The molecule has 124 valence electrons. The summed E-state index contributed by atoms with van der Waals surface area (Å²) in [6, 6.07) is 11.6. The lowest BCUT2D eigenvalue weighted by atomic mass is 10.2. The molecule has 8 heteroatoms. The van der Waals surface area contributed by atoms with Crippen LogP contribution in [0.1, 0.15) is 11.1 Å². The average molecular weight is 501 g/mol. The summed E-state index contributed by atoms with van der Waals surface area (Å²) >= 11 is 5.74. The Morgan fingerprint density at radius 3 is 2.71 bits per heavy atom. The maximum Gasteiger partial charge on any atom is 0.368 e. The van der Waals surface area contributed by atoms with Gasteiger partial charge in [0, 0.05) is 16.2 Å². The zero-order valence-corrected chi connectivity index (χ0v) is 16.8. The van der Waals surface area contributed by atoms with E-state index in [1.165, 1.54) is 9.36 Å². The molecule has 0 amide bonds. The van der Waals surface area contributed by atoms with Gasteiger partial charge in [-0.25, -0.2) is 4.79 Å². The zero-order chi connectivity index (χ0) is 17.3. The number of ether oxygens (including phenoxy) is 1. The summed E-state index contributed by atoms with van der Waals surface area (Å²) in [5.74, 6) is 0.748. The molecule has 0 saturated carbocycles. The molecule has 0 bridgehead atoms. The van der Waals surface area contributed by atoms with Gasteiger partial charge in [-0.05, 0) is 85.7 Å². The van der Waals surface area contributed by atoms with Crippen molar-refractivity contribution in [3.8, 4) is 11.4 Å². The molecule has 1 heterocycles. The Bertz CT molecular complexity index is 951. The van der Waals surface area contributed by atoms with Gasteiger partial charge in [-0.2, -0.15) is 9.36 Å². The average Bonchev–Trinajstić information content (AvgIpc) is 2.87. The molecule has 0 aliphatic heterocycles. The lowest BCUT2D eigenvalue weighted by Gasteiger charge is -2.13. The van der Waals surface area contributed by atoms with Crippen LogP contribution in [-0.4, -0.2) is 19.8 Å². The lowest BCUT2D eigenvalue weighted by Crippen LogP contribution is -2.23. The maximum absolute atomic E-state index is 12.1. The van der Waals surface area contributed by atoms with Crippen LogP contribution in [0.15, 0.2) is 45.7 Å². The van der Waals surface area contributed by atoms with Crippen LogP contribution in [0.25, 0.3) is 5.69 Å². The topological polar surface area (TPSA) is 61.9 Å². The molecule has 3 rings (SSSR count). The van der Waals surface area contributed by atoms with E-state index < -0.39 is 0 Å². The first-order valence-electron chi connectivity index (χ1n) is 7.13. The normalized spacial score (nSPS) is 10.8. The molecule has 0 aliphatic carbocycles. The Labute approximate surface area is 160 Å². The third kappa shape index (κ3) is 3.39. The van der Waals surface area contributed by atoms with Crippen LogP contribution >= 0.6 is 38.5 Å². The summed E-state index contributed by atoms with van der Waals surface area (Å²) in [5.41, 5.74) is 2.40. The Morgan fingerprint density at radius 1 is 1.25 bits per heavy atom. The molecule has 0 atom stereocenters. The number of rotatable bonds is 4. The molecule has 3 aromatic rings. The standard InChI is InChI=1S/C16H14BrIN4O2/c1-10-6-7-15(12(17)8-10)24-9-11-13(18)4-3-5-14(11)22-16(23)21(2)19-20-22/h3-8H,9H2,1-2H3. The fraction of sp³-hybridized carbons (Fsp3) is 0.188. The van der Waals surface area contributed by atoms with E-state index in [4.69, 9.17) is 4.74 Å². The summed E-state index contributed by atoms with van der Waals surface area (Å²) in [5, 5.41) is 7.69. The fourth-order valence-electron chi connectivity index (χ4n) is 2.23. The highest BCUT2D eigenvalue weighted by Crippen LogP contribution is 2.28. The van der Waals surface area contributed by atoms with E-state index in [0.717, 1.165) is 24.9 Å². The molecule has 6 nitrogen and oxygen atoms in total. The number of benzene rings is 2. The van der Waals surface area contributed by atoms with Crippen molar-refractivity contribution in [2.75, 3.05) is 0 Å². The van der Waals surface area contributed by atoms with Crippen LogP contribution in [0, 0.1) is 10.5 Å². The predicted octanol–water partition coefficient (Wildman–Crippen LogP) is 3.22. The van der Waals surface area contributed by atoms with Crippen molar-refractivity contribution in [3.05, 3.63) is 66.1 Å². The van der Waals surface area contributed by atoms with Gasteiger partial charge in [-0.15, -0.1) is 0 Å². The van der Waals surface area contributed by atoms with Crippen molar-refractivity contribution in [1.29, 1.82) is 0 Å². The first-order valence-corrected chi connectivity index (χ1v) is 9.00. The van der Waals surface area contributed by atoms with E-state index in [2.05, 4.69) is 48.9 Å². The zero-order valence-electron chi connectivity index (χ0n) is 13.0. The van der Waals surface area contributed by atoms with Gasteiger partial charge in [0.2, 0.25) is 0 Å². The number of aromatic nitrogens is 4. The van der Waals surface area contributed by atoms with Crippen LogP contribution in [0.2, 0.25) is 0 Å². The van der Waals surface area contributed by atoms with Crippen molar-refractivity contribution in [2.45, 2.75) is 13.5 Å². The molecule has 0 fully saturated rings. The number of nitrogens with zero attached hydrogens (tertiary/aromatic N) is 4. The Kier molecular flexibility index (Phi) is 5.04. The summed E-state index contributed by atoms with van der Waals surface area (Å²) < 4.78 is 10.3. The first kappa shape index (κ1) is 17.2. The van der Waals surface area contributed by atoms with Gasteiger partial charge in [0.05, 0.1) is 10.2 Å². The maximum atomic E-state index is 12.1. The number of tetrazole rings is 1. The highest BCUT2D eigenvalue weighted by Gasteiger charge is 2.14. The summed E-state index contributed by atoms with van der Waals surface area (Å²) in [6.07, 6.45) is 0. The van der Waals surface area contributed by atoms with Gasteiger partial charge < -0.3 is 4.74 Å². The largest absolute Gasteiger partial charge is 0.488 e. The molecular weight excluding hydrogens is 487 g/mol. The second-order valence-corrected chi connectivity index (χ2v) is 7.27. The second-order valence-electron chi connectivity index (χ2n) is 5.26. The van der Waals surface area contributed by atoms with Crippen molar-refractivity contribution < 1.29 is 4.74 Å². The van der Waals surface area contributed by atoms with Crippen LogP contribution < -0.4 is 10.4 Å². The Balaban J connectivity index is 1.96. The van der Waals surface area contributed by atoms with E-state index in [-0.39, 0.29) is 5.69 Å². The molecule has 0 saturated heterocycles. The van der Waals surface area contributed by atoms with E-state index in [0.29, 0.717) is 12.3 Å². The number of hydrogen-bond donors (Lipinski definition) is 0. The first-order chi connectivity index (χ1) is 11.5. The number of hydrogen-bond acceptors (Lipinski definition) is 4. The van der Waals surface area contributed by atoms with Gasteiger partial charge in [0.25, 0.3) is 0 Å². The lowest BCUT2D eigenvalue weighted by molar-refractivity contribution is 0.302. The van der Waals surface area contributed by atoms with Gasteiger partial charge in [-0.1, -0.05) is 12.1 Å². The molecule has 24 heavy (non-hydrogen) atoms. The van der Waals surface area contributed by atoms with Crippen LogP contribution in [0.5, 0.6) is 5.75 Å². The van der Waals surface area contributed by atoms with Crippen LogP contribution in [0.3, 0.4) is 0 Å². The third-order valence-corrected chi connectivity index (χ3v) is 5.13. The molecule has 0 aliphatic rings. The number of halogens is 2. The molecule has 1 aromatic heterocycles. The molecule has 2 aromatic carbocycles. The summed E-state index contributed by atoms with van der Waals surface area (Å²) in [4.78, 5) is 12.1. The summed E-state index contributed by atoms with van der Waals surface area (Å²) in [7, 11) is 1.57. The van der Waals surface area contributed by atoms with Crippen LogP contribution in [0.4, 0.5) is 0 Å². The van der Waals surface area contributed by atoms with Crippen molar-refractivity contribution in [1.82, 2.24) is 19.8 Å². The number of aryl methyl sites for hydroxylation is 2. The van der Waals surface area contributed by atoms with E-state index in [1.807, 2.05) is 43.3 Å². The van der Waals surface area contributed by atoms with E-state index in [1.54, 1.807) is 7.05 Å².